The first-order valence-electron chi connectivity index (χ1n) is 10.7. The van der Waals surface area contributed by atoms with Crippen molar-refractivity contribution in [3.63, 3.8) is 0 Å². The van der Waals surface area contributed by atoms with Crippen LogP contribution in [0.3, 0.4) is 0 Å². The SMILES string of the molecule is C=C(C)C(=O)O.C=C(C)C(=O)O.C=C(C)C(=O)O.CCCCCOCO[Si](CCC)(OC)OC. The van der Waals surface area contributed by atoms with Crippen LogP contribution in [0, 0.1) is 0 Å². The molecule has 0 aliphatic rings. The van der Waals surface area contributed by atoms with Gasteiger partial charge < -0.3 is 33.3 Å². The van der Waals surface area contributed by atoms with Gasteiger partial charge in [-0.3, -0.25) is 0 Å². The highest BCUT2D eigenvalue weighted by Crippen LogP contribution is 2.15. The van der Waals surface area contributed by atoms with Crippen molar-refractivity contribution in [2.75, 3.05) is 27.6 Å². The third kappa shape index (κ3) is 29.7. The first-order chi connectivity index (χ1) is 15.7. The summed E-state index contributed by atoms with van der Waals surface area (Å²) in [6.07, 6.45) is 4.48. The van der Waals surface area contributed by atoms with Crippen molar-refractivity contribution in [3.8, 4) is 0 Å². The summed E-state index contributed by atoms with van der Waals surface area (Å²) < 4.78 is 21.8. The minimum atomic E-state index is -2.44. The number of unbranched alkanes of at least 4 members (excludes halogenated alkanes) is 2. The third-order valence-corrected chi connectivity index (χ3v) is 6.44. The van der Waals surface area contributed by atoms with Crippen LogP contribution in [0.1, 0.15) is 60.3 Å². The Kier molecular flexibility index (Phi) is 29.0. The Morgan fingerprint density at radius 2 is 1.09 bits per heavy atom. The molecule has 0 atom stereocenters. The van der Waals surface area contributed by atoms with Gasteiger partial charge in [0, 0.05) is 43.6 Å². The maximum absolute atomic E-state index is 9.60. The Bertz CT molecular complexity index is 520. The minimum absolute atomic E-state index is 0.176. The molecule has 0 saturated carbocycles. The van der Waals surface area contributed by atoms with E-state index in [-0.39, 0.29) is 23.5 Å². The monoisotopic (exact) mass is 508 g/mol. The van der Waals surface area contributed by atoms with Gasteiger partial charge in [-0.25, -0.2) is 14.4 Å². The molecule has 0 saturated heterocycles. The molecule has 0 aromatic rings. The zero-order chi connectivity index (χ0) is 27.7. The van der Waals surface area contributed by atoms with Gasteiger partial charge in [0.25, 0.3) is 0 Å². The molecule has 0 amide bonds. The normalized spacial score (nSPS) is 9.62. The molecular formula is C23H44O10Si. The number of ether oxygens (including phenoxy) is 1. The van der Waals surface area contributed by atoms with Gasteiger partial charge in [0.2, 0.25) is 0 Å². The fourth-order valence-corrected chi connectivity index (χ4v) is 3.26. The zero-order valence-corrected chi connectivity index (χ0v) is 22.8. The van der Waals surface area contributed by atoms with E-state index < -0.39 is 26.7 Å². The van der Waals surface area contributed by atoms with E-state index >= 15 is 0 Å². The molecule has 34 heavy (non-hydrogen) atoms. The molecule has 10 nitrogen and oxygen atoms in total. The van der Waals surface area contributed by atoms with Crippen molar-refractivity contribution in [2.45, 2.75) is 66.3 Å². The largest absolute Gasteiger partial charge is 0.502 e. The molecule has 0 aromatic heterocycles. The molecule has 0 aliphatic heterocycles. The lowest BCUT2D eigenvalue weighted by molar-refractivity contribution is -0.133. The molecule has 0 radical (unpaired) electrons. The van der Waals surface area contributed by atoms with Gasteiger partial charge >= 0.3 is 26.7 Å². The number of carboxylic acid groups (broad SMARTS) is 3. The number of aliphatic carboxylic acids is 3. The van der Waals surface area contributed by atoms with Crippen LogP contribution in [0.2, 0.25) is 6.04 Å². The predicted octanol–water partition coefficient (Wildman–Crippen LogP) is 4.75. The highest BCUT2D eigenvalue weighted by Gasteiger charge is 2.37. The van der Waals surface area contributed by atoms with Crippen molar-refractivity contribution in [1.29, 1.82) is 0 Å². The van der Waals surface area contributed by atoms with Crippen molar-refractivity contribution >= 4 is 26.7 Å². The van der Waals surface area contributed by atoms with Crippen LogP contribution in [0.25, 0.3) is 0 Å². The van der Waals surface area contributed by atoms with E-state index in [1.807, 2.05) is 0 Å². The van der Waals surface area contributed by atoms with E-state index in [0.29, 0.717) is 0 Å². The van der Waals surface area contributed by atoms with Gasteiger partial charge in [-0.1, -0.05) is 52.8 Å². The molecular weight excluding hydrogens is 464 g/mol. The van der Waals surface area contributed by atoms with Crippen LogP contribution in [0.5, 0.6) is 0 Å². The van der Waals surface area contributed by atoms with Crippen molar-refractivity contribution < 1.29 is 47.7 Å². The maximum atomic E-state index is 9.60. The second-order valence-corrected chi connectivity index (χ2v) is 9.95. The van der Waals surface area contributed by atoms with Gasteiger partial charge in [-0.05, 0) is 27.2 Å². The second kappa shape index (κ2) is 25.3. The Balaban J connectivity index is -0.000000205. The van der Waals surface area contributed by atoms with Crippen LogP contribution in [-0.4, -0.2) is 69.7 Å². The first kappa shape index (κ1) is 38.9. The number of carboxylic acids is 3. The lowest BCUT2D eigenvalue weighted by Crippen LogP contribution is -2.44. The first-order valence-corrected chi connectivity index (χ1v) is 12.6. The van der Waals surface area contributed by atoms with Crippen molar-refractivity contribution in [1.82, 2.24) is 0 Å². The average molecular weight is 509 g/mol. The molecule has 0 unspecified atom stereocenters. The van der Waals surface area contributed by atoms with Crippen LogP contribution < -0.4 is 0 Å². The Hall–Kier alpha value is -2.31. The lowest BCUT2D eigenvalue weighted by atomic mass is 10.3. The quantitative estimate of drug-likeness (QED) is 0.130. The van der Waals surface area contributed by atoms with E-state index in [1.54, 1.807) is 14.2 Å². The number of rotatable bonds is 14. The smallest absolute Gasteiger partial charge is 0.478 e. The van der Waals surface area contributed by atoms with Gasteiger partial charge in [0.05, 0.1) is 0 Å². The fourth-order valence-electron chi connectivity index (χ4n) is 1.43. The lowest BCUT2D eigenvalue weighted by Gasteiger charge is -2.25. The highest BCUT2D eigenvalue weighted by molar-refractivity contribution is 6.60. The van der Waals surface area contributed by atoms with Gasteiger partial charge in [0.1, 0.15) is 6.79 Å². The van der Waals surface area contributed by atoms with Crippen molar-refractivity contribution in [2.24, 2.45) is 0 Å². The molecule has 3 N–H and O–H groups in total. The minimum Gasteiger partial charge on any atom is -0.478 e. The van der Waals surface area contributed by atoms with E-state index in [1.165, 1.54) is 33.6 Å². The molecule has 0 spiro atoms. The van der Waals surface area contributed by atoms with Crippen LogP contribution in [0.4, 0.5) is 0 Å². The number of hydrogen-bond acceptors (Lipinski definition) is 7. The second-order valence-electron chi connectivity index (χ2n) is 6.98. The molecule has 0 rings (SSSR count). The summed E-state index contributed by atoms with van der Waals surface area (Å²) in [6, 6.07) is 0.832. The van der Waals surface area contributed by atoms with E-state index in [9.17, 15) is 14.4 Å². The van der Waals surface area contributed by atoms with Crippen LogP contribution in [-0.2, 0) is 32.4 Å². The topological polar surface area (TPSA) is 149 Å². The molecule has 0 aliphatic carbocycles. The molecule has 0 aromatic carbocycles. The van der Waals surface area contributed by atoms with Gasteiger partial charge in [-0.2, -0.15) is 0 Å². The molecule has 0 bridgehead atoms. The van der Waals surface area contributed by atoms with Crippen LogP contribution in [0.15, 0.2) is 36.5 Å². The van der Waals surface area contributed by atoms with E-state index in [2.05, 4.69) is 33.6 Å². The summed E-state index contributed by atoms with van der Waals surface area (Å²) in [5.41, 5.74) is 0.528. The summed E-state index contributed by atoms with van der Waals surface area (Å²) in [7, 11) is 0.846. The fraction of sp³-hybridized carbons (Fsp3) is 0.609. The molecule has 0 fully saturated rings. The molecule has 0 heterocycles. The summed E-state index contributed by atoms with van der Waals surface area (Å²) >= 11 is 0. The molecule has 11 heteroatoms. The Labute approximate surface area is 205 Å². The summed E-state index contributed by atoms with van der Waals surface area (Å²) in [6.45, 7) is 19.1. The van der Waals surface area contributed by atoms with Gasteiger partial charge in [-0.15, -0.1) is 0 Å². The average Bonchev–Trinajstić information content (AvgIpc) is 2.76. The molecule has 200 valence electrons. The third-order valence-electron chi connectivity index (χ3n) is 3.53. The maximum Gasteiger partial charge on any atom is 0.502 e. The van der Waals surface area contributed by atoms with Crippen LogP contribution >= 0.6 is 0 Å². The van der Waals surface area contributed by atoms with E-state index in [4.69, 9.17) is 33.3 Å². The van der Waals surface area contributed by atoms with Gasteiger partial charge in [0.15, 0.2) is 0 Å². The summed E-state index contributed by atoms with van der Waals surface area (Å²) in [5, 5.41) is 23.7. The number of carbonyl (C=O) groups is 3. The highest BCUT2D eigenvalue weighted by atomic mass is 28.4. The number of hydrogen-bond donors (Lipinski definition) is 3. The van der Waals surface area contributed by atoms with Crippen molar-refractivity contribution in [3.05, 3.63) is 36.5 Å². The summed E-state index contributed by atoms with van der Waals surface area (Å²) in [5.74, 6) is -2.81. The Morgan fingerprint density at radius 3 is 1.32 bits per heavy atom. The zero-order valence-electron chi connectivity index (χ0n) is 21.8. The standard InChI is InChI=1S/C11H26O4Si.3C4H6O2/c1-5-7-8-9-14-11-15-16(12-3,13-4)10-6-2;3*1-3(2)4(5)6/h5-11H2,1-4H3;3*1H2,2H3,(H,5,6). The summed E-state index contributed by atoms with van der Waals surface area (Å²) in [4.78, 5) is 28.8. The Morgan fingerprint density at radius 1 is 0.735 bits per heavy atom. The predicted molar refractivity (Wildman–Crippen MR) is 134 cm³/mol. The van der Waals surface area contributed by atoms with E-state index in [0.717, 1.165) is 25.5 Å².